The van der Waals surface area contributed by atoms with Crippen molar-refractivity contribution >= 4 is 51.4 Å². The highest BCUT2D eigenvalue weighted by Crippen LogP contribution is 2.40. The Labute approximate surface area is 158 Å². The Kier molecular flexibility index (Phi) is 7.84. The molecule has 1 aliphatic rings. The third-order valence-electron chi connectivity index (χ3n) is 4.03. The number of thioether (sulfide) groups is 1. The molecule has 24 heavy (non-hydrogen) atoms. The highest BCUT2D eigenvalue weighted by atomic mass is 32.2. The maximum Gasteiger partial charge on any atom is 0.341 e. The smallest absolute Gasteiger partial charge is 0.341 e. The first-order chi connectivity index (χ1) is 11.6. The number of hydrogen-bond donors (Lipinski definition) is 2. The summed E-state index contributed by atoms with van der Waals surface area (Å²) in [7, 11) is 0. The second-order valence-corrected chi connectivity index (χ2v) is 8.50. The Morgan fingerprint density at radius 2 is 2.29 bits per heavy atom. The van der Waals surface area contributed by atoms with Gasteiger partial charge in [-0.1, -0.05) is 6.92 Å². The fourth-order valence-electron chi connectivity index (χ4n) is 2.82. The van der Waals surface area contributed by atoms with Crippen molar-refractivity contribution in [2.24, 2.45) is 5.92 Å². The fraction of sp³-hybridized carbons (Fsp3) is 0.647. The van der Waals surface area contributed by atoms with Crippen LogP contribution >= 0.6 is 35.3 Å². The normalized spacial score (nSPS) is 16.4. The Hall–Kier alpha value is -0.790. The SMILES string of the molecule is CCOC(=O)c1c(NC(=S)NCCCSC)sc2c1CC[C@@H](C)C2. The topological polar surface area (TPSA) is 50.4 Å². The second kappa shape index (κ2) is 9.63. The van der Waals surface area contributed by atoms with Gasteiger partial charge in [-0.2, -0.15) is 11.8 Å². The van der Waals surface area contributed by atoms with Crippen LogP contribution in [0, 0.1) is 5.92 Å². The molecule has 1 heterocycles. The van der Waals surface area contributed by atoms with Gasteiger partial charge in [0.1, 0.15) is 5.00 Å². The van der Waals surface area contributed by atoms with Gasteiger partial charge in [0.2, 0.25) is 0 Å². The molecular formula is C17H26N2O2S3. The highest BCUT2D eigenvalue weighted by molar-refractivity contribution is 7.98. The molecule has 0 bridgehead atoms. The molecular weight excluding hydrogens is 360 g/mol. The van der Waals surface area contributed by atoms with Gasteiger partial charge < -0.3 is 15.4 Å². The lowest BCUT2D eigenvalue weighted by Gasteiger charge is -2.18. The number of thiocarbonyl (C=S) groups is 1. The monoisotopic (exact) mass is 386 g/mol. The predicted octanol–water partition coefficient (Wildman–Crippen LogP) is 4.09. The Balaban J connectivity index is 2.13. The minimum absolute atomic E-state index is 0.239. The maximum atomic E-state index is 12.4. The highest BCUT2D eigenvalue weighted by Gasteiger charge is 2.28. The van der Waals surface area contributed by atoms with Gasteiger partial charge in [0.25, 0.3) is 0 Å². The molecule has 2 N–H and O–H groups in total. The van der Waals surface area contributed by atoms with E-state index in [1.165, 1.54) is 4.88 Å². The molecule has 1 aromatic rings. The number of carbonyl (C=O) groups is 1. The molecule has 0 saturated heterocycles. The molecule has 1 aromatic heterocycles. The zero-order valence-corrected chi connectivity index (χ0v) is 17.0. The van der Waals surface area contributed by atoms with Crippen LogP contribution in [0.1, 0.15) is 47.5 Å². The van der Waals surface area contributed by atoms with Crippen molar-refractivity contribution in [3.63, 3.8) is 0 Å². The summed E-state index contributed by atoms with van der Waals surface area (Å²) in [6.07, 6.45) is 6.25. The first kappa shape index (κ1) is 19.5. The van der Waals surface area contributed by atoms with Crippen LogP contribution in [0.4, 0.5) is 5.00 Å². The summed E-state index contributed by atoms with van der Waals surface area (Å²) in [6.45, 7) is 5.32. The van der Waals surface area contributed by atoms with E-state index in [9.17, 15) is 4.79 Å². The van der Waals surface area contributed by atoms with Gasteiger partial charge >= 0.3 is 5.97 Å². The third kappa shape index (κ3) is 5.10. The average molecular weight is 387 g/mol. The van der Waals surface area contributed by atoms with Crippen LogP contribution < -0.4 is 10.6 Å². The maximum absolute atomic E-state index is 12.4. The van der Waals surface area contributed by atoms with Gasteiger partial charge in [0.05, 0.1) is 12.2 Å². The first-order valence-electron chi connectivity index (χ1n) is 8.42. The number of hydrogen-bond acceptors (Lipinski definition) is 5. The molecule has 2 rings (SSSR count). The quantitative estimate of drug-likeness (QED) is 0.418. The number of rotatable bonds is 7. The number of ether oxygens (including phenoxy) is 1. The number of esters is 1. The van der Waals surface area contributed by atoms with Crippen molar-refractivity contribution in [1.82, 2.24) is 5.32 Å². The van der Waals surface area contributed by atoms with Crippen molar-refractivity contribution in [3.8, 4) is 0 Å². The summed E-state index contributed by atoms with van der Waals surface area (Å²) >= 11 is 8.86. The second-order valence-electron chi connectivity index (χ2n) is 6.00. The van der Waals surface area contributed by atoms with Crippen LogP contribution in [0.25, 0.3) is 0 Å². The number of nitrogens with one attached hydrogen (secondary N) is 2. The fourth-order valence-corrected chi connectivity index (χ4v) is 4.93. The van der Waals surface area contributed by atoms with E-state index in [1.807, 2.05) is 18.7 Å². The van der Waals surface area contributed by atoms with Gasteiger partial charge in [0, 0.05) is 11.4 Å². The van der Waals surface area contributed by atoms with Crippen molar-refractivity contribution in [3.05, 3.63) is 16.0 Å². The minimum Gasteiger partial charge on any atom is -0.462 e. The number of fused-ring (bicyclic) bond motifs is 1. The van der Waals surface area contributed by atoms with Crippen LogP contribution in [-0.2, 0) is 17.6 Å². The molecule has 0 fully saturated rings. The van der Waals surface area contributed by atoms with E-state index in [0.717, 1.165) is 48.5 Å². The van der Waals surface area contributed by atoms with Crippen molar-refractivity contribution < 1.29 is 9.53 Å². The van der Waals surface area contributed by atoms with E-state index in [0.29, 0.717) is 23.2 Å². The number of carbonyl (C=O) groups excluding carboxylic acids is 1. The molecule has 1 atom stereocenters. The van der Waals surface area contributed by atoms with E-state index in [2.05, 4.69) is 23.8 Å². The van der Waals surface area contributed by atoms with Crippen LogP contribution in [0.2, 0.25) is 0 Å². The van der Waals surface area contributed by atoms with Gasteiger partial charge in [-0.25, -0.2) is 4.79 Å². The van der Waals surface area contributed by atoms with E-state index in [1.54, 1.807) is 11.3 Å². The van der Waals surface area contributed by atoms with Gasteiger partial charge in [-0.15, -0.1) is 11.3 Å². The Morgan fingerprint density at radius 3 is 3.00 bits per heavy atom. The summed E-state index contributed by atoms with van der Waals surface area (Å²) in [6, 6.07) is 0. The van der Waals surface area contributed by atoms with Gasteiger partial charge in [-0.3, -0.25) is 0 Å². The molecule has 134 valence electrons. The molecule has 0 unspecified atom stereocenters. The lowest BCUT2D eigenvalue weighted by atomic mass is 9.88. The van der Waals surface area contributed by atoms with Crippen LogP contribution in [0.5, 0.6) is 0 Å². The predicted molar refractivity (Wildman–Crippen MR) is 109 cm³/mol. The summed E-state index contributed by atoms with van der Waals surface area (Å²) in [5, 5.41) is 7.85. The minimum atomic E-state index is -0.239. The zero-order valence-electron chi connectivity index (χ0n) is 14.6. The van der Waals surface area contributed by atoms with E-state index in [4.69, 9.17) is 17.0 Å². The van der Waals surface area contributed by atoms with Crippen LogP contribution in [0.3, 0.4) is 0 Å². The van der Waals surface area contributed by atoms with E-state index >= 15 is 0 Å². The van der Waals surface area contributed by atoms with E-state index < -0.39 is 0 Å². The third-order valence-corrected chi connectivity index (χ3v) is 6.14. The molecule has 0 aliphatic heterocycles. The summed E-state index contributed by atoms with van der Waals surface area (Å²) < 4.78 is 5.28. The zero-order chi connectivity index (χ0) is 17.5. The van der Waals surface area contributed by atoms with Gasteiger partial charge in [0.15, 0.2) is 5.11 Å². The van der Waals surface area contributed by atoms with Crippen LogP contribution in [0.15, 0.2) is 0 Å². The molecule has 0 saturated carbocycles. The first-order valence-corrected chi connectivity index (χ1v) is 11.0. The van der Waals surface area contributed by atoms with E-state index in [-0.39, 0.29) is 5.97 Å². The molecule has 1 aliphatic carbocycles. The Bertz CT molecular complexity index is 587. The van der Waals surface area contributed by atoms with Gasteiger partial charge in [-0.05, 0) is 68.3 Å². The summed E-state index contributed by atoms with van der Waals surface area (Å²) in [4.78, 5) is 13.7. The molecule has 0 amide bonds. The Morgan fingerprint density at radius 1 is 1.50 bits per heavy atom. The van der Waals surface area contributed by atoms with Crippen molar-refractivity contribution in [1.29, 1.82) is 0 Å². The standard InChI is InChI=1S/C17H26N2O2S3/c1-4-21-16(20)14-12-7-6-11(2)10-13(12)24-15(14)19-17(22)18-8-5-9-23-3/h11H,4-10H2,1-3H3,(H2,18,19,22)/t11-/m1/s1. The molecule has 0 aromatic carbocycles. The lowest BCUT2D eigenvalue weighted by Crippen LogP contribution is -2.29. The molecule has 7 heteroatoms. The van der Waals surface area contributed by atoms with Crippen molar-refractivity contribution in [2.75, 3.05) is 30.5 Å². The molecule has 0 radical (unpaired) electrons. The van der Waals surface area contributed by atoms with Crippen LogP contribution in [-0.4, -0.2) is 36.2 Å². The number of thiophene rings is 1. The number of anilines is 1. The average Bonchev–Trinajstić information content (AvgIpc) is 2.88. The molecule has 0 spiro atoms. The largest absolute Gasteiger partial charge is 0.462 e. The summed E-state index contributed by atoms with van der Waals surface area (Å²) in [5.41, 5.74) is 1.85. The van der Waals surface area contributed by atoms with Crippen molar-refractivity contribution in [2.45, 2.75) is 39.5 Å². The molecule has 4 nitrogen and oxygen atoms in total. The summed E-state index contributed by atoms with van der Waals surface area (Å²) in [5.74, 6) is 1.53. The lowest BCUT2D eigenvalue weighted by molar-refractivity contribution is 0.0526.